The molecule has 1 N–H and O–H groups in total. The van der Waals surface area contributed by atoms with Crippen LogP contribution < -0.4 is 4.74 Å². The molecule has 0 aliphatic carbocycles. The zero-order chi connectivity index (χ0) is 18.6. The van der Waals surface area contributed by atoms with Gasteiger partial charge in [0.25, 0.3) is 0 Å². The van der Waals surface area contributed by atoms with Crippen LogP contribution in [0.1, 0.15) is 25.3 Å². The number of likely N-dealkylation sites (tertiary alicyclic amines) is 1. The number of rotatable bonds is 6. The molecule has 3 rings (SSSR count). The molecule has 0 spiro atoms. The van der Waals surface area contributed by atoms with E-state index < -0.39 is 5.97 Å². The zero-order valence-corrected chi connectivity index (χ0v) is 15.6. The molecule has 1 aromatic heterocycles. The standard InChI is InChI=1S/C20H22N2O3S/c1-20(14-21)5-7-22(8-6-20)11-17-10-15(16-4-9-26-13-16)2-3-18(17)25-12-19(23)24/h2-4,9-10,13H,5-8,11-12H2,1H3,(H,23,24). The van der Waals surface area contributed by atoms with Crippen LogP contribution in [-0.2, 0) is 11.3 Å². The summed E-state index contributed by atoms with van der Waals surface area (Å²) in [5.41, 5.74) is 2.99. The van der Waals surface area contributed by atoms with Gasteiger partial charge in [-0.1, -0.05) is 6.07 Å². The fraction of sp³-hybridized carbons (Fsp3) is 0.400. The van der Waals surface area contributed by atoms with Crippen molar-refractivity contribution in [3.05, 3.63) is 40.6 Å². The number of hydrogen-bond acceptors (Lipinski definition) is 5. The maximum absolute atomic E-state index is 10.9. The number of benzene rings is 1. The highest BCUT2D eigenvalue weighted by Gasteiger charge is 2.30. The Balaban J connectivity index is 1.79. The average Bonchev–Trinajstić information content (AvgIpc) is 3.17. The minimum atomic E-state index is -0.986. The van der Waals surface area contributed by atoms with E-state index in [1.54, 1.807) is 11.3 Å². The molecule has 0 amide bonds. The fourth-order valence-corrected chi connectivity index (χ4v) is 3.81. The van der Waals surface area contributed by atoms with Crippen molar-refractivity contribution in [2.75, 3.05) is 19.7 Å². The molecule has 1 fully saturated rings. The molecule has 6 heteroatoms. The van der Waals surface area contributed by atoms with Gasteiger partial charge in [0.15, 0.2) is 6.61 Å². The van der Waals surface area contributed by atoms with Crippen molar-refractivity contribution in [1.29, 1.82) is 5.26 Å². The number of piperidine rings is 1. The maximum Gasteiger partial charge on any atom is 0.341 e. The number of ether oxygens (including phenoxy) is 1. The SMILES string of the molecule is CC1(C#N)CCN(Cc2cc(-c3ccsc3)ccc2OCC(=O)O)CC1. The predicted octanol–water partition coefficient (Wildman–Crippen LogP) is 4.00. The highest BCUT2D eigenvalue weighted by molar-refractivity contribution is 7.08. The van der Waals surface area contributed by atoms with Crippen LogP contribution >= 0.6 is 11.3 Å². The summed E-state index contributed by atoms with van der Waals surface area (Å²) in [6, 6.07) is 10.4. The molecule has 136 valence electrons. The van der Waals surface area contributed by atoms with Crippen molar-refractivity contribution in [3.63, 3.8) is 0 Å². The molecule has 0 bridgehead atoms. The molecular weight excluding hydrogens is 348 g/mol. The van der Waals surface area contributed by atoms with Gasteiger partial charge in [0.05, 0.1) is 11.5 Å². The Bertz CT molecular complexity index is 803. The Kier molecular flexibility index (Phi) is 5.60. The number of carbonyl (C=O) groups is 1. The number of hydrogen-bond donors (Lipinski definition) is 1. The van der Waals surface area contributed by atoms with E-state index in [9.17, 15) is 10.1 Å². The normalized spacial score (nSPS) is 16.8. The first-order valence-corrected chi connectivity index (χ1v) is 9.57. The molecule has 1 aromatic carbocycles. The lowest BCUT2D eigenvalue weighted by Crippen LogP contribution is -2.37. The summed E-state index contributed by atoms with van der Waals surface area (Å²) in [7, 11) is 0. The summed E-state index contributed by atoms with van der Waals surface area (Å²) >= 11 is 1.65. The highest BCUT2D eigenvalue weighted by atomic mass is 32.1. The van der Waals surface area contributed by atoms with E-state index in [0.29, 0.717) is 12.3 Å². The van der Waals surface area contributed by atoms with Gasteiger partial charge in [0, 0.05) is 12.1 Å². The maximum atomic E-state index is 10.9. The Hall–Kier alpha value is -2.36. The summed E-state index contributed by atoms with van der Waals surface area (Å²) in [5.74, 6) is -0.374. The first-order valence-electron chi connectivity index (χ1n) is 8.63. The van der Waals surface area contributed by atoms with Crippen LogP contribution in [-0.4, -0.2) is 35.7 Å². The van der Waals surface area contributed by atoms with Crippen molar-refractivity contribution in [2.45, 2.75) is 26.3 Å². The largest absolute Gasteiger partial charge is 0.482 e. The lowest BCUT2D eigenvalue weighted by Gasteiger charge is -2.35. The fourth-order valence-electron chi connectivity index (χ4n) is 3.15. The number of nitrogens with zero attached hydrogens (tertiary/aromatic N) is 2. The Morgan fingerprint density at radius 2 is 2.12 bits per heavy atom. The Morgan fingerprint density at radius 3 is 2.73 bits per heavy atom. The minimum Gasteiger partial charge on any atom is -0.482 e. The molecule has 1 saturated heterocycles. The third-order valence-corrected chi connectivity index (χ3v) is 5.57. The van der Waals surface area contributed by atoms with E-state index in [2.05, 4.69) is 28.5 Å². The molecule has 1 aliphatic rings. The van der Waals surface area contributed by atoms with E-state index >= 15 is 0 Å². The first-order chi connectivity index (χ1) is 12.5. The predicted molar refractivity (Wildman–Crippen MR) is 101 cm³/mol. The van der Waals surface area contributed by atoms with Crippen molar-refractivity contribution >= 4 is 17.3 Å². The molecule has 5 nitrogen and oxygen atoms in total. The number of carboxylic acids is 1. The number of carboxylic acid groups (broad SMARTS) is 1. The molecule has 0 unspecified atom stereocenters. The lowest BCUT2D eigenvalue weighted by molar-refractivity contribution is -0.139. The summed E-state index contributed by atoms with van der Waals surface area (Å²) in [6.07, 6.45) is 1.69. The van der Waals surface area contributed by atoms with Crippen LogP contribution in [0, 0.1) is 16.7 Å². The minimum absolute atomic E-state index is 0.238. The first kappa shape index (κ1) is 18.4. The molecule has 2 heterocycles. The van der Waals surface area contributed by atoms with Gasteiger partial charge in [0.2, 0.25) is 0 Å². The van der Waals surface area contributed by atoms with E-state index in [1.165, 1.54) is 0 Å². The monoisotopic (exact) mass is 370 g/mol. The second-order valence-electron chi connectivity index (χ2n) is 6.97. The van der Waals surface area contributed by atoms with Gasteiger partial charge in [0.1, 0.15) is 5.75 Å². The highest BCUT2D eigenvalue weighted by Crippen LogP contribution is 2.33. The summed E-state index contributed by atoms with van der Waals surface area (Å²) in [4.78, 5) is 13.2. The number of aliphatic carboxylic acids is 1. The zero-order valence-electron chi connectivity index (χ0n) is 14.8. The lowest BCUT2D eigenvalue weighted by atomic mass is 9.82. The second-order valence-corrected chi connectivity index (χ2v) is 7.75. The Labute approximate surface area is 157 Å². The van der Waals surface area contributed by atoms with Gasteiger partial charge in [-0.15, -0.1) is 0 Å². The van der Waals surface area contributed by atoms with E-state index in [1.807, 2.05) is 24.4 Å². The smallest absolute Gasteiger partial charge is 0.341 e. The van der Waals surface area contributed by atoms with Crippen LogP contribution in [0.25, 0.3) is 11.1 Å². The molecule has 26 heavy (non-hydrogen) atoms. The van der Waals surface area contributed by atoms with E-state index in [4.69, 9.17) is 9.84 Å². The quantitative estimate of drug-likeness (QED) is 0.832. The van der Waals surface area contributed by atoms with Crippen molar-refractivity contribution in [3.8, 4) is 22.9 Å². The molecule has 0 radical (unpaired) electrons. The van der Waals surface area contributed by atoms with Crippen molar-refractivity contribution < 1.29 is 14.6 Å². The molecular formula is C20H22N2O3S. The second kappa shape index (κ2) is 7.90. The average molecular weight is 370 g/mol. The van der Waals surface area contributed by atoms with Crippen LogP contribution in [0.15, 0.2) is 35.0 Å². The van der Waals surface area contributed by atoms with Crippen LogP contribution in [0.3, 0.4) is 0 Å². The van der Waals surface area contributed by atoms with Crippen LogP contribution in [0.5, 0.6) is 5.75 Å². The molecule has 0 atom stereocenters. The van der Waals surface area contributed by atoms with Crippen LogP contribution in [0.4, 0.5) is 0 Å². The molecule has 2 aromatic rings. The van der Waals surface area contributed by atoms with E-state index in [0.717, 1.165) is 42.6 Å². The third-order valence-electron chi connectivity index (χ3n) is 4.89. The molecule has 0 saturated carbocycles. The number of thiophene rings is 1. The van der Waals surface area contributed by atoms with E-state index in [-0.39, 0.29) is 12.0 Å². The van der Waals surface area contributed by atoms with Gasteiger partial charge >= 0.3 is 5.97 Å². The summed E-state index contributed by atoms with van der Waals surface area (Å²) in [5, 5.41) is 22.3. The third kappa shape index (κ3) is 4.43. The topological polar surface area (TPSA) is 73.6 Å². The van der Waals surface area contributed by atoms with Crippen molar-refractivity contribution in [2.24, 2.45) is 5.41 Å². The van der Waals surface area contributed by atoms with Gasteiger partial charge in [-0.25, -0.2) is 4.79 Å². The van der Waals surface area contributed by atoms with Gasteiger partial charge in [-0.05, 0) is 72.9 Å². The Morgan fingerprint density at radius 1 is 1.35 bits per heavy atom. The summed E-state index contributed by atoms with van der Waals surface area (Å²) in [6.45, 7) is 4.06. The summed E-state index contributed by atoms with van der Waals surface area (Å²) < 4.78 is 5.50. The van der Waals surface area contributed by atoms with Gasteiger partial charge < -0.3 is 9.84 Å². The van der Waals surface area contributed by atoms with Gasteiger partial charge in [-0.2, -0.15) is 16.6 Å². The van der Waals surface area contributed by atoms with Crippen molar-refractivity contribution in [1.82, 2.24) is 4.90 Å². The molecule has 1 aliphatic heterocycles. The van der Waals surface area contributed by atoms with Crippen LogP contribution in [0.2, 0.25) is 0 Å². The number of nitriles is 1. The van der Waals surface area contributed by atoms with Gasteiger partial charge in [-0.3, -0.25) is 4.90 Å².